The summed E-state index contributed by atoms with van der Waals surface area (Å²) in [4.78, 5) is 0.223. The highest BCUT2D eigenvalue weighted by molar-refractivity contribution is 8.00. The van der Waals surface area contributed by atoms with Gasteiger partial charge in [0.15, 0.2) is 11.5 Å². The Kier molecular flexibility index (Phi) is 6.65. The van der Waals surface area contributed by atoms with Gasteiger partial charge < -0.3 is 19.5 Å². The molecule has 0 bridgehead atoms. The smallest absolute Gasteiger partial charge is 0.261 e. The molecule has 3 aromatic rings. The summed E-state index contributed by atoms with van der Waals surface area (Å²) in [6.07, 6.45) is 5.66. The van der Waals surface area contributed by atoms with Crippen LogP contribution in [0.25, 0.3) is 0 Å². The van der Waals surface area contributed by atoms with Gasteiger partial charge in [0.2, 0.25) is 0 Å². The maximum Gasteiger partial charge on any atom is 0.261 e. The van der Waals surface area contributed by atoms with Crippen molar-refractivity contribution in [1.29, 1.82) is 0 Å². The minimum atomic E-state index is -3.81. The molecule has 1 aliphatic carbocycles. The maximum absolute atomic E-state index is 13.3. The molecule has 3 atom stereocenters. The van der Waals surface area contributed by atoms with E-state index in [-0.39, 0.29) is 16.9 Å². The van der Waals surface area contributed by atoms with E-state index in [1.807, 2.05) is 17.8 Å². The van der Waals surface area contributed by atoms with Crippen LogP contribution in [0.5, 0.6) is 17.2 Å². The van der Waals surface area contributed by atoms with Gasteiger partial charge in [-0.2, -0.15) is 11.8 Å². The highest BCUT2D eigenvalue weighted by atomic mass is 32.2. The minimum Gasteiger partial charge on any atom is -0.493 e. The van der Waals surface area contributed by atoms with Crippen molar-refractivity contribution in [3.63, 3.8) is 0 Å². The predicted octanol–water partition coefficient (Wildman–Crippen LogP) is 5.83. The maximum atomic E-state index is 13.3. The lowest BCUT2D eigenvalue weighted by molar-refractivity contribution is 0.240. The van der Waals surface area contributed by atoms with Gasteiger partial charge in [-0.25, -0.2) is 8.42 Å². The van der Waals surface area contributed by atoms with E-state index in [9.17, 15) is 8.42 Å². The SMILES string of the molecule is COc1ccc(NS(=O)(=O)c2ccc3c(c2)[C@H]2C=CC[C@H]2[C@@H](c2ccc(OC4CSC4)cc2)N3)cc1OC. The molecule has 6 rings (SSSR count). The topological polar surface area (TPSA) is 85.9 Å². The average molecular weight is 551 g/mol. The van der Waals surface area contributed by atoms with Crippen molar-refractivity contribution >= 4 is 33.2 Å². The second-order valence-corrected chi connectivity index (χ2v) is 12.5. The monoisotopic (exact) mass is 550 g/mol. The molecule has 2 heterocycles. The zero-order chi connectivity index (χ0) is 26.3. The zero-order valence-electron chi connectivity index (χ0n) is 21.2. The Morgan fingerprint density at radius 2 is 1.74 bits per heavy atom. The lowest BCUT2D eigenvalue weighted by Gasteiger charge is -2.38. The molecule has 2 N–H and O–H groups in total. The summed E-state index contributed by atoms with van der Waals surface area (Å²) in [5, 5.41) is 3.69. The van der Waals surface area contributed by atoms with Crippen LogP contribution in [0, 0.1) is 5.92 Å². The number of allylic oxidation sites excluding steroid dienone is 2. The molecule has 0 spiro atoms. The lowest BCUT2D eigenvalue weighted by atomic mass is 9.77. The summed E-state index contributed by atoms with van der Waals surface area (Å²) in [7, 11) is -0.757. The minimum absolute atomic E-state index is 0.128. The number of fused-ring (bicyclic) bond motifs is 3. The van der Waals surface area contributed by atoms with Gasteiger partial charge in [-0.05, 0) is 65.9 Å². The van der Waals surface area contributed by atoms with Crippen LogP contribution in [0.4, 0.5) is 11.4 Å². The van der Waals surface area contributed by atoms with Gasteiger partial charge in [-0.3, -0.25) is 4.72 Å². The largest absolute Gasteiger partial charge is 0.493 e. The van der Waals surface area contributed by atoms with Crippen molar-refractivity contribution in [2.45, 2.75) is 29.4 Å². The third-order valence-electron chi connectivity index (χ3n) is 7.43. The number of sulfonamides is 1. The van der Waals surface area contributed by atoms with Gasteiger partial charge in [-0.1, -0.05) is 24.3 Å². The van der Waals surface area contributed by atoms with Crippen LogP contribution in [0.15, 0.2) is 77.7 Å². The number of ether oxygens (including phenoxy) is 3. The van der Waals surface area contributed by atoms with Crippen LogP contribution in [0.3, 0.4) is 0 Å². The van der Waals surface area contributed by atoms with Crippen molar-refractivity contribution in [3.05, 3.63) is 83.9 Å². The molecule has 0 saturated carbocycles. The predicted molar refractivity (Wildman–Crippen MR) is 151 cm³/mol. The van der Waals surface area contributed by atoms with E-state index in [4.69, 9.17) is 14.2 Å². The lowest BCUT2D eigenvalue weighted by Crippen LogP contribution is -2.31. The summed E-state index contributed by atoms with van der Waals surface area (Å²) in [5.74, 6) is 4.44. The number of hydrogen-bond acceptors (Lipinski definition) is 7. The molecule has 0 amide bonds. The molecule has 3 aromatic carbocycles. The summed E-state index contributed by atoms with van der Waals surface area (Å²) in [5.41, 5.74) is 3.56. The fraction of sp³-hybridized carbons (Fsp3) is 0.310. The van der Waals surface area contributed by atoms with Crippen LogP contribution < -0.4 is 24.2 Å². The van der Waals surface area contributed by atoms with Gasteiger partial charge in [0.1, 0.15) is 11.9 Å². The zero-order valence-corrected chi connectivity index (χ0v) is 22.8. The Bertz CT molecular complexity index is 1470. The number of anilines is 2. The van der Waals surface area contributed by atoms with Gasteiger partial charge in [0.25, 0.3) is 10.0 Å². The summed E-state index contributed by atoms with van der Waals surface area (Å²) < 4.78 is 45.9. The molecule has 1 fully saturated rings. The summed E-state index contributed by atoms with van der Waals surface area (Å²) >= 11 is 1.91. The molecule has 0 aromatic heterocycles. The van der Waals surface area contributed by atoms with Crippen molar-refractivity contribution in [3.8, 4) is 17.2 Å². The number of thioether (sulfide) groups is 1. The van der Waals surface area contributed by atoms with Crippen molar-refractivity contribution in [1.82, 2.24) is 0 Å². The Morgan fingerprint density at radius 3 is 2.45 bits per heavy atom. The van der Waals surface area contributed by atoms with Crippen molar-refractivity contribution in [2.75, 3.05) is 35.8 Å². The molecular weight excluding hydrogens is 520 g/mol. The van der Waals surface area contributed by atoms with Crippen LogP contribution in [-0.4, -0.2) is 40.2 Å². The molecule has 9 heteroatoms. The number of benzene rings is 3. The molecule has 2 aliphatic heterocycles. The van der Waals surface area contributed by atoms with E-state index >= 15 is 0 Å². The first-order valence-corrected chi connectivity index (χ1v) is 15.3. The normalized spacial score (nSPS) is 22.0. The average Bonchev–Trinajstić information content (AvgIpc) is 3.40. The number of hydrogen-bond donors (Lipinski definition) is 2. The van der Waals surface area contributed by atoms with Crippen LogP contribution >= 0.6 is 11.8 Å². The molecule has 198 valence electrons. The first-order chi connectivity index (χ1) is 18.4. The molecule has 0 radical (unpaired) electrons. The molecule has 3 aliphatic rings. The highest BCUT2D eigenvalue weighted by Gasteiger charge is 2.38. The quantitative estimate of drug-likeness (QED) is 0.342. The van der Waals surface area contributed by atoms with E-state index in [1.165, 1.54) is 19.8 Å². The fourth-order valence-corrected chi connectivity index (χ4v) is 7.06. The van der Waals surface area contributed by atoms with Gasteiger partial charge in [0, 0.05) is 29.2 Å². The highest BCUT2D eigenvalue weighted by Crippen LogP contribution is 2.50. The Hall–Kier alpha value is -3.30. The second kappa shape index (κ2) is 10.1. The second-order valence-electron chi connectivity index (χ2n) is 9.75. The van der Waals surface area contributed by atoms with Gasteiger partial charge in [0.05, 0.1) is 30.8 Å². The molecule has 0 unspecified atom stereocenters. The first kappa shape index (κ1) is 25.0. The molecule has 1 saturated heterocycles. The molecule has 7 nitrogen and oxygen atoms in total. The van der Waals surface area contributed by atoms with E-state index in [1.54, 1.807) is 30.3 Å². The van der Waals surface area contributed by atoms with E-state index < -0.39 is 10.0 Å². The standard InChI is InChI=1S/C29H30N2O5S2/c1-34-27-13-8-19(14-28(27)35-2)31-38(32,33)22-11-12-26-25(15-22)23-4-3-5-24(23)29(30-26)18-6-9-20(10-7-18)36-21-16-37-17-21/h3-4,6-15,21,23-24,29-31H,5,16-17H2,1-2H3/t23-,24+,29+/m0/s1. The van der Waals surface area contributed by atoms with Crippen LogP contribution in [-0.2, 0) is 10.0 Å². The van der Waals surface area contributed by atoms with Crippen molar-refractivity contribution < 1.29 is 22.6 Å². The molecular formula is C29H30N2O5S2. The summed E-state index contributed by atoms with van der Waals surface area (Å²) in [6, 6.07) is 18.8. The van der Waals surface area contributed by atoms with Gasteiger partial charge in [-0.15, -0.1) is 0 Å². The van der Waals surface area contributed by atoms with E-state index in [0.717, 1.165) is 34.9 Å². The van der Waals surface area contributed by atoms with E-state index in [0.29, 0.717) is 29.2 Å². The van der Waals surface area contributed by atoms with Crippen molar-refractivity contribution in [2.24, 2.45) is 5.92 Å². The number of methoxy groups -OCH3 is 2. The summed E-state index contributed by atoms with van der Waals surface area (Å²) in [6.45, 7) is 0. The Labute approximate surface area is 227 Å². The first-order valence-electron chi connectivity index (χ1n) is 12.6. The number of rotatable bonds is 8. The van der Waals surface area contributed by atoms with Gasteiger partial charge >= 0.3 is 0 Å². The molecule has 38 heavy (non-hydrogen) atoms. The Balaban J connectivity index is 1.24. The van der Waals surface area contributed by atoms with E-state index in [2.05, 4.69) is 46.5 Å². The fourth-order valence-electron chi connectivity index (χ4n) is 5.41. The third kappa shape index (κ3) is 4.69. The number of nitrogens with one attached hydrogen (secondary N) is 2. The van der Waals surface area contributed by atoms with Crippen LogP contribution in [0.1, 0.15) is 29.5 Å². The van der Waals surface area contributed by atoms with Crippen LogP contribution in [0.2, 0.25) is 0 Å². The Morgan fingerprint density at radius 1 is 0.947 bits per heavy atom. The third-order valence-corrected chi connectivity index (χ3v) is 10.0.